The summed E-state index contributed by atoms with van der Waals surface area (Å²) in [6.45, 7) is 3.31. The zero-order valence-corrected chi connectivity index (χ0v) is 15.6. The molecule has 6 heteroatoms. The van der Waals surface area contributed by atoms with Crippen LogP contribution in [0.1, 0.15) is 45.4 Å². The van der Waals surface area contributed by atoms with Gasteiger partial charge in [-0.1, -0.05) is 25.0 Å². The standard InChI is InChI=1S/C19H27N3O2S/c1-14(13-22-12-6-11-18(22)23)20-19(24)21-16-9-4-5-10-17(16)25-15-7-2-3-8-15/h4-5,9-10,14-15H,2-3,6-8,11-13H2,1H3,(H2,20,21,24). The van der Waals surface area contributed by atoms with Gasteiger partial charge < -0.3 is 15.5 Å². The summed E-state index contributed by atoms with van der Waals surface area (Å²) < 4.78 is 0. The summed E-state index contributed by atoms with van der Waals surface area (Å²) in [6.07, 6.45) is 6.67. The van der Waals surface area contributed by atoms with Crippen LogP contribution in [0.2, 0.25) is 0 Å². The summed E-state index contributed by atoms with van der Waals surface area (Å²) >= 11 is 1.87. The van der Waals surface area contributed by atoms with Crippen LogP contribution in [0.15, 0.2) is 29.2 Å². The Hall–Kier alpha value is -1.69. The number of hydrogen-bond donors (Lipinski definition) is 2. The number of hydrogen-bond acceptors (Lipinski definition) is 3. The summed E-state index contributed by atoms with van der Waals surface area (Å²) in [5, 5.41) is 6.58. The second-order valence-electron chi connectivity index (χ2n) is 6.96. The minimum Gasteiger partial charge on any atom is -0.341 e. The molecule has 1 aliphatic heterocycles. The summed E-state index contributed by atoms with van der Waals surface area (Å²) in [6, 6.07) is 7.70. The van der Waals surface area contributed by atoms with Gasteiger partial charge in [0.05, 0.1) is 5.69 Å². The van der Waals surface area contributed by atoms with Gasteiger partial charge in [-0.05, 0) is 38.3 Å². The number of benzene rings is 1. The third kappa shape index (κ3) is 5.14. The van der Waals surface area contributed by atoms with Gasteiger partial charge in [-0.2, -0.15) is 0 Å². The van der Waals surface area contributed by atoms with E-state index in [1.165, 1.54) is 25.7 Å². The Balaban J connectivity index is 1.52. The summed E-state index contributed by atoms with van der Waals surface area (Å²) in [4.78, 5) is 27.0. The van der Waals surface area contributed by atoms with E-state index in [1.54, 1.807) is 0 Å². The van der Waals surface area contributed by atoms with E-state index in [1.807, 2.05) is 41.8 Å². The lowest BCUT2D eigenvalue weighted by atomic mass is 10.3. The highest BCUT2D eigenvalue weighted by atomic mass is 32.2. The van der Waals surface area contributed by atoms with Crippen molar-refractivity contribution in [1.82, 2.24) is 10.2 Å². The highest BCUT2D eigenvalue weighted by Crippen LogP contribution is 2.37. The number of rotatable bonds is 6. The van der Waals surface area contributed by atoms with Crippen molar-refractivity contribution in [2.45, 2.75) is 61.6 Å². The first-order chi connectivity index (χ1) is 12.1. The van der Waals surface area contributed by atoms with Gasteiger partial charge in [0.1, 0.15) is 0 Å². The molecule has 1 atom stereocenters. The molecule has 1 aromatic carbocycles. The fraction of sp³-hybridized carbons (Fsp3) is 0.579. The fourth-order valence-corrected chi connectivity index (χ4v) is 4.85. The maximum absolute atomic E-state index is 12.3. The molecule has 1 aromatic rings. The molecule has 1 saturated heterocycles. The quantitative estimate of drug-likeness (QED) is 0.809. The molecule has 1 saturated carbocycles. The lowest BCUT2D eigenvalue weighted by Crippen LogP contribution is -2.44. The Morgan fingerprint density at radius 2 is 2.04 bits per heavy atom. The molecule has 1 unspecified atom stereocenters. The molecule has 0 radical (unpaired) electrons. The number of urea groups is 1. The van der Waals surface area contributed by atoms with Crippen LogP contribution < -0.4 is 10.6 Å². The van der Waals surface area contributed by atoms with Crippen molar-refractivity contribution in [3.8, 4) is 0 Å². The van der Waals surface area contributed by atoms with Gasteiger partial charge in [0.25, 0.3) is 0 Å². The van der Waals surface area contributed by atoms with Crippen molar-refractivity contribution in [1.29, 1.82) is 0 Å². The Morgan fingerprint density at radius 3 is 2.76 bits per heavy atom. The minimum absolute atomic E-state index is 0.0725. The monoisotopic (exact) mass is 361 g/mol. The van der Waals surface area contributed by atoms with Crippen LogP contribution in [0.5, 0.6) is 0 Å². The number of anilines is 1. The molecule has 1 heterocycles. The zero-order chi connectivity index (χ0) is 17.6. The highest BCUT2D eigenvalue weighted by Gasteiger charge is 2.23. The first-order valence-electron chi connectivity index (χ1n) is 9.23. The Labute approximate surface area is 153 Å². The van der Waals surface area contributed by atoms with Crippen LogP contribution in [0, 0.1) is 0 Å². The van der Waals surface area contributed by atoms with E-state index in [0.29, 0.717) is 18.2 Å². The molecule has 0 aromatic heterocycles. The first kappa shape index (κ1) is 18.1. The zero-order valence-electron chi connectivity index (χ0n) is 14.8. The molecule has 25 heavy (non-hydrogen) atoms. The maximum atomic E-state index is 12.3. The number of amides is 3. The second-order valence-corrected chi connectivity index (χ2v) is 8.31. The van der Waals surface area contributed by atoms with Crippen molar-refractivity contribution in [2.75, 3.05) is 18.4 Å². The number of para-hydroxylation sites is 1. The van der Waals surface area contributed by atoms with Crippen molar-refractivity contribution in [3.05, 3.63) is 24.3 Å². The highest BCUT2D eigenvalue weighted by molar-refractivity contribution is 8.00. The van der Waals surface area contributed by atoms with Gasteiger partial charge in [-0.25, -0.2) is 4.79 Å². The average molecular weight is 362 g/mol. The van der Waals surface area contributed by atoms with E-state index in [9.17, 15) is 9.59 Å². The molecule has 0 bridgehead atoms. The Morgan fingerprint density at radius 1 is 1.28 bits per heavy atom. The van der Waals surface area contributed by atoms with Gasteiger partial charge in [0.15, 0.2) is 0 Å². The van der Waals surface area contributed by atoms with Crippen LogP contribution in [0.3, 0.4) is 0 Å². The van der Waals surface area contributed by atoms with E-state index in [4.69, 9.17) is 0 Å². The molecule has 1 aliphatic carbocycles. The average Bonchev–Trinajstić information content (AvgIpc) is 3.22. The van der Waals surface area contributed by atoms with E-state index < -0.39 is 0 Å². The van der Waals surface area contributed by atoms with Crippen LogP contribution in [0.25, 0.3) is 0 Å². The van der Waals surface area contributed by atoms with Gasteiger partial charge in [0.2, 0.25) is 5.91 Å². The van der Waals surface area contributed by atoms with Gasteiger partial charge in [-0.15, -0.1) is 11.8 Å². The topological polar surface area (TPSA) is 61.4 Å². The van der Waals surface area contributed by atoms with Gasteiger partial charge in [-0.3, -0.25) is 4.79 Å². The molecular weight excluding hydrogens is 334 g/mol. The van der Waals surface area contributed by atoms with Crippen molar-refractivity contribution >= 4 is 29.4 Å². The van der Waals surface area contributed by atoms with Crippen molar-refractivity contribution < 1.29 is 9.59 Å². The van der Waals surface area contributed by atoms with Crippen LogP contribution in [-0.2, 0) is 4.79 Å². The van der Waals surface area contributed by atoms with E-state index >= 15 is 0 Å². The molecular formula is C19H27N3O2S. The number of carbonyl (C=O) groups is 2. The third-order valence-corrected chi connectivity index (χ3v) is 6.19. The minimum atomic E-state index is -0.210. The lowest BCUT2D eigenvalue weighted by Gasteiger charge is -2.22. The van der Waals surface area contributed by atoms with Crippen LogP contribution in [-0.4, -0.2) is 41.2 Å². The van der Waals surface area contributed by atoms with E-state index in [-0.39, 0.29) is 18.0 Å². The van der Waals surface area contributed by atoms with Crippen molar-refractivity contribution in [3.63, 3.8) is 0 Å². The smallest absolute Gasteiger partial charge is 0.319 e. The number of nitrogens with zero attached hydrogens (tertiary/aromatic N) is 1. The normalized spacial score (nSPS) is 19.2. The van der Waals surface area contributed by atoms with Crippen LogP contribution >= 0.6 is 11.8 Å². The number of carbonyl (C=O) groups excluding carboxylic acids is 2. The van der Waals surface area contributed by atoms with Gasteiger partial charge in [0, 0.05) is 35.7 Å². The predicted octanol–water partition coefficient (Wildman–Crippen LogP) is 3.85. The SMILES string of the molecule is CC(CN1CCCC1=O)NC(=O)Nc1ccccc1SC1CCCC1. The van der Waals surface area contributed by atoms with E-state index in [2.05, 4.69) is 16.7 Å². The first-order valence-corrected chi connectivity index (χ1v) is 10.1. The lowest BCUT2D eigenvalue weighted by molar-refractivity contribution is -0.127. The van der Waals surface area contributed by atoms with Crippen molar-refractivity contribution in [2.24, 2.45) is 0 Å². The molecule has 0 spiro atoms. The molecule has 5 nitrogen and oxygen atoms in total. The molecule has 2 N–H and O–H groups in total. The van der Waals surface area contributed by atoms with E-state index in [0.717, 1.165) is 23.5 Å². The molecule has 2 aliphatic rings. The maximum Gasteiger partial charge on any atom is 0.319 e. The Bertz CT molecular complexity index is 616. The number of likely N-dealkylation sites (tertiary alicyclic amines) is 1. The predicted molar refractivity (Wildman–Crippen MR) is 102 cm³/mol. The number of thioether (sulfide) groups is 1. The molecule has 136 valence electrons. The molecule has 2 fully saturated rings. The summed E-state index contributed by atoms with van der Waals surface area (Å²) in [5.74, 6) is 0.187. The largest absolute Gasteiger partial charge is 0.341 e. The molecule has 3 amide bonds. The van der Waals surface area contributed by atoms with Gasteiger partial charge >= 0.3 is 6.03 Å². The Kier molecular flexibility index (Phi) is 6.24. The fourth-order valence-electron chi connectivity index (χ4n) is 3.51. The summed E-state index contributed by atoms with van der Waals surface area (Å²) in [5.41, 5.74) is 0.862. The third-order valence-electron chi connectivity index (χ3n) is 4.77. The number of nitrogens with one attached hydrogen (secondary N) is 2. The van der Waals surface area contributed by atoms with Crippen LogP contribution in [0.4, 0.5) is 10.5 Å². The molecule has 3 rings (SSSR count). The summed E-state index contributed by atoms with van der Waals surface area (Å²) in [7, 11) is 0. The second kappa shape index (κ2) is 8.61.